The number of piperazine rings is 1. The minimum atomic E-state index is -0.729. The van der Waals surface area contributed by atoms with E-state index in [1.807, 2.05) is 24.3 Å². The number of halogens is 2. The van der Waals surface area contributed by atoms with Gasteiger partial charge in [-0.05, 0) is 72.2 Å². The summed E-state index contributed by atoms with van der Waals surface area (Å²) >= 11 is 0. The normalized spacial score (nSPS) is 24.7. The fraction of sp³-hybridized carbons (Fsp3) is 0.429. The first-order valence-electron chi connectivity index (χ1n) is 16.0. The van der Waals surface area contributed by atoms with Gasteiger partial charge in [0.1, 0.15) is 24.0 Å². The average Bonchev–Trinajstić information content (AvgIpc) is 3.38. The Morgan fingerprint density at radius 1 is 0.978 bits per heavy atom. The SMILES string of the molecule is O=C(CN1C(=O)C(CC2CCCCCC2)NCC1c1cc(F)cc(F)c1)Nc1ccc2c(c1)CC1(C2)C(=O)Nc2ncccc21. The lowest BCUT2D eigenvalue weighted by Crippen LogP contribution is -2.58. The summed E-state index contributed by atoms with van der Waals surface area (Å²) in [5, 5.41) is 9.18. The summed E-state index contributed by atoms with van der Waals surface area (Å²) in [7, 11) is 0. The van der Waals surface area contributed by atoms with Crippen molar-refractivity contribution in [2.45, 2.75) is 75.3 Å². The largest absolute Gasteiger partial charge is 0.325 e. The third-order valence-electron chi connectivity index (χ3n) is 10.1. The van der Waals surface area contributed by atoms with Gasteiger partial charge >= 0.3 is 0 Å². The van der Waals surface area contributed by atoms with Crippen LogP contribution in [-0.4, -0.2) is 46.7 Å². The van der Waals surface area contributed by atoms with E-state index in [1.54, 1.807) is 12.3 Å². The Kier molecular flexibility index (Phi) is 7.85. The van der Waals surface area contributed by atoms with Crippen LogP contribution in [0, 0.1) is 17.6 Å². The Morgan fingerprint density at radius 2 is 1.73 bits per heavy atom. The number of nitrogens with zero attached hydrogens (tertiary/aromatic N) is 2. The van der Waals surface area contributed by atoms with E-state index in [0.717, 1.165) is 48.4 Å². The zero-order valence-electron chi connectivity index (χ0n) is 25.1. The predicted molar refractivity (Wildman–Crippen MR) is 165 cm³/mol. The number of amides is 3. The minimum absolute atomic E-state index is 0.0755. The first kappa shape index (κ1) is 29.5. The van der Waals surface area contributed by atoms with Gasteiger partial charge in [0.2, 0.25) is 17.7 Å². The number of hydrogen-bond acceptors (Lipinski definition) is 5. The van der Waals surface area contributed by atoms with E-state index in [0.29, 0.717) is 48.8 Å². The molecule has 1 saturated heterocycles. The molecule has 2 aliphatic carbocycles. The number of fused-ring (bicyclic) bond motifs is 3. The van der Waals surface area contributed by atoms with Gasteiger partial charge in [0, 0.05) is 30.1 Å². The molecular formula is C35H37F2N5O3. The van der Waals surface area contributed by atoms with Gasteiger partial charge in [-0.2, -0.15) is 0 Å². The fourth-order valence-electron chi connectivity index (χ4n) is 7.88. The molecule has 1 saturated carbocycles. The predicted octanol–water partition coefficient (Wildman–Crippen LogP) is 5.19. The molecule has 7 rings (SSSR count). The van der Waals surface area contributed by atoms with Crippen LogP contribution in [0.5, 0.6) is 0 Å². The van der Waals surface area contributed by atoms with Crippen LogP contribution in [-0.2, 0) is 32.6 Å². The Labute approximate surface area is 261 Å². The molecule has 1 spiro atoms. The van der Waals surface area contributed by atoms with Gasteiger partial charge in [-0.25, -0.2) is 13.8 Å². The molecule has 234 valence electrons. The lowest BCUT2D eigenvalue weighted by atomic mass is 9.79. The third kappa shape index (κ3) is 5.72. The van der Waals surface area contributed by atoms with E-state index >= 15 is 0 Å². The van der Waals surface area contributed by atoms with Crippen LogP contribution in [0.15, 0.2) is 54.7 Å². The standard InChI is InChI=1S/C35H37F2N5O3/c36-25-13-23(14-26(37)16-25)30-19-39-29(12-21-6-3-1-2-4-7-21)33(44)42(30)20-31(43)40-27-10-9-22-17-35(18-24(22)15-27)28-8-5-11-38-32(28)41-34(35)45/h5,8-11,13-16,21,29-30,39H,1-4,6-7,12,17-20H2,(H,40,43)(H,38,41,45). The molecule has 4 aliphatic rings. The van der Waals surface area contributed by atoms with Crippen molar-refractivity contribution in [2.75, 3.05) is 23.7 Å². The molecule has 8 nitrogen and oxygen atoms in total. The molecule has 10 heteroatoms. The molecule has 3 N–H and O–H groups in total. The van der Waals surface area contributed by atoms with Crippen LogP contribution in [0.3, 0.4) is 0 Å². The van der Waals surface area contributed by atoms with Crippen molar-refractivity contribution >= 4 is 29.2 Å². The molecule has 1 aromatic heterocycles. The lowest BCUT2D eigenvalue weighted by Gasteiger charge is -2.40. The zero-order valence-corrected chi connectivity index (χ0v) is 25.1. The number of benzene rings is 2. The maximum Gasteiger partial charge on any atom is 0.244 e. The van der Waals surface area contributed by atoms with E-state index in [-0.39, 0.29) is 18.4 Å². The molecule has 3 heterocycles. The molecule has 0 bridgehead atoms. The maximum absolute atomic E-state index is 14.2. The maximum atomic E-state index is 14.2. The minimum Gasteiger partial charge on any atom is -0.325 e. The van der Waals surface area contributed by atoms with Crippen molar-refractivity contribution in [2.24, 2.45) is 5.92 Å². The Bertz CT molecular complexity index is 1640. The number of anilines is 2. The number of rotatable bonds is 6. The average molecular weight is 614 g/mol. The van der Waals surface area contributed by atoms with E-state index < -0.39 is 35.0 Å². The topological polar surface area (TPSA) is 103 Å². The van der Waals surface area contributed by atoms with Crippen molar-refractivity contribution in [3.63, 3.8) is 0 Å². The van der Waals surface area contributed by atoms with Crippen LogP contribution >= 0.6 is 0 Å². The molecule has 0 radical (unpaired) electrons. The molecule has 2 fully saturated rings. The number of pyridine rings is 1. The summed E-state index contributed by atoms with van der Waals surface area (Å²) in [4.78, 5) is 46.3. The highest BCUT2D eigenvalue weighted by Gasteiger charge is 2.51. The summed E-state index contributed by atoms with van der Waals surface area (Å²) in [5.74, 6) is -1.15. The summed E-state index contributed by atoms with van der Waals surface area (Å²) < 4.78 is 28.5. The van der Waals surface area contributed by atoms with Gasteiger partial charge in [-0.15, -0.1) is 0 Å². The van der Waals surface area contributed by atoms with Crippen molar-refractivity contribution in [1.82, 2.24) is 15.2 Å². The number of hydrogen-bond donors (Lipinski definition) is 3. The van der Waals surface area contributed by atoms with Crippen molar-refractivity contribution in [3.05, 3.63) is 88.6 Å². The van der Waals surface area contributed by atoms with Crippen LogP contribution in [0.25, 0.3) is 0 Å². The van der Waals surface area contributed by atoms with Crippen LogP contribution in [0.1, 0.15) is 73.2 Å². The molecule has 3 unspecified atom stereocenters. The first-order valence-corrected chi connectivity index (χ1v) is 16.0. The Morgan fingerprint density at radius 3 is 2.51 bits per heavy atom. The molecule has 3 amide bonds. The van der Waals surface area contributed by atoms with Gasteiger partial charge < -0.3 is 20.9 Å². The summed E-state index contributed by atoms with van der Waals surface area (Å²) in [6.45, 7) is 0.0333. The summed E-state index contributed by atoms with van der Waals surface area (Å²) in [6.07, 6.45) is 10.3. The first-order chi connectivity index (χ1) is 21.8. The highest BCUT2D eigenvalue weighted by Crippen LogP contribution is 2.47. The third-order valence-corrected chi connectivity index (χ3v) is 10.1. The fourth-order valence-corrected chi connectivity index (χ4v) is 7.88. The van der Waals surface area contributed by atoms with Gasteiger partial charge in [-0.1, -0.05) is 50.7 Å². The van der Waals surface area contributed by atoms with Gasteiger partial charge in [0.15, 0.2) is 0 Å². The molecule has 3 atom stereocenters. The second-order valence-electron chi connectivity index (χ2n) is 13.1. The van der Waals surface area contributed by atoms with Crippen LogP contribution < -0.4 is 16.0 Å². The Hall–Kier alpha value is -4.18. The number of aromatic nitrogens is 1. The lowest BCUT2D eigenvalue weighted by molar-refractivity contribution is -0.142. The number of carbonyl (C=O) groups is 3. The van der Waals surface area contributed by atoms with E-state index in [2.05, 4.69) is 20.9 Å². The zero-order chi connectivity index (χ0) is 31.1. The highest BCUT2D eigenvalue weighted by atomic mass is 19.1. The molecule has 2 aliphatic heterocycles. The smallest absolute Gasteiger partial charge is 0.244 e. The Balaban J connectivity index is 1.09. The molecule has 45 heavy (non-hydrogen) atoms. The van der Waals surface area contributed by atoms with Crippen molar-refractivity contribution in [1.29, 1.82) is 0 Å². The van der Waals surface area contributed by atoms with Crippen molar-refractivity contribution < 1.29 is 23.2 Å². The monoisotopic (exact) mass is 613 g/mol. The second-order valence-corrected chi connectivity index (χ2v) is 13.1. The number of carbonyl (C=O) groups excluding carboxylic acids is 3. The van der Waals surface area contributed by atoms with E-state index in [4.69, 9.17) is 0 Å². The number of nitrogens with one attached hydrogen (secondary N) is 3. The highest BCUT2D eigenvalue weighted by molar-refractivity contribution is 6.06. The molecule has 2 aromatic carbocycles. The van der Waals surface area contributed by atoms with Crippen LogP contribution in [0.2, 0.25) is 0 Å². The van der Waals surface area contributed by atoms with E-state index in [1.165, 1.54) is 29.9 Å². The van der Waals surface area contributed by atoms with Gasteiger partial charge in [-0.3, -0.25) is 14.4 Å². The van der Waals surface area contributed by atoms with Gasteiger partial charge in [0.25, 0.3) is 0 Å². The van der Waals surface area contributed by atoms with Crippen molar-refractivity contribution in [3.8, 4) is 0 Å². The summed E-state index contributed by atoms with van der Waals surface area (Å²) in [6, 6.07) is 11.5. The summed E-state index contributed by atoms with van der Waals surface area (Å²) in [5.41, 5.74) is 3.03. The quantitative estimate of drug-likeness (QED) is 0.332. The molecule has 3 aromatic rings. The molecular weight excluding hydrogens is 576 g/mol. The van der Waals surface area contributed by atoms with Gasteiger partial charge in [0.05, 0.1) is 17.5 Å². The van der Waals surface area contributed by atoms with Crippen LogP contribution in [0.4, 0.5) is 20.3 Å². The second kappa shape index (κ2) is 12.0. The van der Waals surface area contributed by atoms with E-state index in [9.17, 15) is 23.2 Å².